The van der Waals surface area contributed by atoms with Crippen LogP contribution in [-0.4, -0.2) is 43.7 Å². The molecule has 1 aliphatic rings. The Morgan fingerprint density at radius 1 is 1.06 bits per heavy atom. The van der Waals surface area contributed by atoms with Crippen molar-refractivity contribution < 1.29 is 18.0 Å². The van der Waals surface area contributed by atoms with Crippen molar-refractivity contribution in [3.63, 3.8) is 0 Å². The molecule has 172 valence electrons. The Morgan fingerprint density at radius 3 is 2.47 bits per heavy atom. The molecule has 0 saturated carbocycles. The number of carbonyl (C=O) groups is 2. The van der Waals surface area contributed by atoms with Gasteiger partial charge in [0, 0.05) is 29.8 Å². The predicted octanol–water partition coefficient (Wildman–Crippen LogP) is 3.65. The molecular formula is C23H28ClN3O4S. The van der Waals surface area contributed by atoms with Crippen LogP contribution in [0.4, 0.5) is 5.69 Å². The molecular weight excluding hydrogens is 450 g/mol. The molecule has 2 aromatic carbocycles. The summed E-state index contributed by atoms with van der Waals surface area (Å²) in [6, 6.07) is 11.4. The third-order valence-corrected chi connectivity index (χ3v) is 7.81. The second kappa shape index (κ2) is 10.5. The number of amides is 2. The number of hydrogen-bond donors (Lipinski definition) is 2. The second-order valence-corrected chi connectivity index (χ2v) is 10.4. The lowest BCUT2D eigenvalue weighted by atomic mass is 10.0. The van der Waals surface area contributed by atoms with Crippen LogP contribution in [-0.2, 0) is 19.6 Å². The van der Waals surface area contributed by atoms with E-state index in [2.05, 4.69) is 10.6 Å². The minimum absolute atomic E-state index is 0.200. The highest BCUT2D eigenvalue weighted by Gasteiger charge is 2.33. The standard InChI is InChI=1S/C23H28ClN3O4S/c1-16-6-11-21(17(2)15-16)26-23(29)22(28)25-13-12-19-5-3-4-14-27(19)32(30,31)20-9-7-18(24)8-10-20/h6-11,15,19H,3-5,12-14H2,1-2H3,(H,25,28)(H,26,29). The summed E-state index contributed by atoms with van der Waals surface area (Å²) in [4.78, 5) is 24.7. The van der Waals surface area contributed by atoms with E-state index in [1.807, 2.05) is 26.0 Å². The van der Waals surface area contributed by atoms with Crippen molar-refractivity contribution in [1.29, 1.82) is 0 Å². The summed E-state index contributed by atoms with van der Waals surface area (Å²) < 4.78 is 27.7. The zero-order chi connectivity index (χ0) is 23.3. The monoisotopic (exact) mass is 477 g/mol. The zero-order valence-electron chi connectivity index (χ0n) is 18.2. The van der Waals surface area contributed by atoms with Crippen LogP contribution in [0.25, 0.3) is 0 Å². The molecule has 3 rings (SSSR count). The van der Waals surface area contributed by atoms with Crippen LogP contribution in [0.15, 0.2) is 47.4 Å². The van der Waals surface area contributed by atoms with Crippen molar-refractivity contribution in [3.05, 3.63) is 58.6 Å². The third kappa shape index (κ3) is 5.88. The fourth-order valence-electron chi connectivity index (χ4n) is 3.89. The maximum atomic E-state index is 13.1. The van der Waals surface area contributed by atoms with E-state index in [4.69, 9.17) is 11.6 Å². The predicted molar refractivity (Wildman–Crippen MR) is 125 cm³/mol. The van der Waals surface area contributed by atoms with Crippen LogP contribution in [0, 0.1) is 13.8 Å². The van der Waals surface area contributed by atoms with Gasteiger partial charge in [-0.15, -0.1) is 0 Å². The van der Waals surface area contributed by atoms with Gasteiger partial charge in [0.15, 0.2) is 0 Å². The van der Waals surface area contributed by atoms with Crippen LogP contribution in [0.5, 0.6) is 0 Å². The van der Waals surface area contributed by atoms with Gasteiger partial charge in [0.2, 0.25) is 10.0 Å². The van der Waals surface area contributed by atoms with Crippen molar-refractivity contribution in [2.45, 2.75) is 50.5 Å². The Hall–Kier alpha value is -2.42. The number of hydrogen-bond acceptors (Lipinski definition) is 4. The van der Waals surface area contributed by atoms with Crippen molar-refractivity contribution >= 4 is 39.1 Å². The average molecular weight is 478 g/mol. The van der Waals surface area contributed by atoms with Gasteiger partial charge in [-0.1, -0.05) is 35.7 Å². The summed E-state index contributed by atoms with van der Waals surface area (Å²) in [5, 5.41) is 5.70. The minimum atomic E-state index is -3.66. The van der Waals surface area contributed by atoms with E-state index in [1.54, 1.807) is 18.2 Å². The van der Waals surface area contributed by atoms with Gasteiger partial charge in [-0.3, -0.25) is 9.59 Å². The number of halogens is 1. The molecule has 2 amide bonds. The fourth-order valence-corrected chi connectivity index (χ4v) is 5.74. The number of anilines is 1. The van der Waals surface area contributed by atoms with Crippen LogP contribution in [0.1, 0.15) is 36.8 Å². The molecule has 32 heavy (non-hydrogen) atoms. The van der Waals surface area contributed by atoms with Crippen molar-refractivity contribution in [2.24, 2.45) is 0 Å². The first-order chi connectivity index (χ1) is 15.2. The highest BCUT2D eigenvalue weighted by Crippen LogP contribution is 2.27. The molecule has 1 heterocycles. The number of piperidine rings is 1. The Morgan fingerprint density at radius 2 is 1.78 bits per heavy atom. The smallest absolute Gasteiger partial charge is 0.313 e. The fraction of sp³-hybridized carbons (Fsp3) is 0.391. The van der Waals surface area contributed by atoms with Gasteiger partial charge in [-0.25, -0.2) is 8.42 Å². The van der Waals surface area contributed by atoms with Gasteiger partial charge in [0.05, 0.1) is 4.90 Å². The van der Waals surface area contributed by atoms with E-state index in [1.165, 1.54) is 16.4 Å². The van der Waals surface area contributed by atoms with E-state index in [0.717, 1.165) is 24.0 Å². The zero-order valence-corrected chi connectivity index (χ0v) is 19.8. The molecule has 0 aliphatic carbocycles. The van der Waals surface area contributed by atoms with Crippen LogP contribution in [0.3, 0.4) is 0 Å². The summed E-state index contributed by atoms with van der Waals surface area (Å²) >= 11 is 5.89. The molecule has 1 aliphatic heterocycles. The molecule has 7 nitrogen and oxygen atoms in total. The number of rotatable bonds is 6. The summed E-state index contributed by atoms with van der Waals surface area (Å²) in [7, 11) is -3.66. The number of sulfonamides is 1. The third-order valence-electron chi connectivity index (χ3n) is 5.59. The normalized spacial score (nSPS) is 17.0. The van der Waals surface area contributed by atoms with Crippen molar-refractivity contribution in [1.82, 2.24) is 9.62 Å². The van der Waals surface area contributed by atoms with Gasteiger partial charge in [0.1, 0.15) is 0 Å². The summed E-state index contributed by atoms with van der Waals surface area (Å²) in [6.07, 6.45) is 2.83. The molecule has 1 fully saturated rings. The SMILES string of the molecule is Cc1ccc(NC(=O)C(=O)NCCC2CCCCN2S(=O)(=O)c2ccc(Cl)cc2)c(C)c1. The molecule has 0 bridgehead atoms. The Balaban J connectivity index is 1.58. The van der Waals surface area contributed by atoms with E-state index < -0.39 is 21.8 Å². The first kappa shape index (κ1) is 24.2. The quantitative estimate of drug-likeness (QED) is 0.621. The van der Waals surface area contributed by atoms with E-state index in [9.17, 15) is 18.0 Å². The Labute approximate surface area is 194 Å². The van der Waals surface area contributed by atoms with Crippen molar-refractivity contribution in [3.8, 4) is 0 Å². The molecule has 1 unspecified atom stereocenters. The maximum Gasteiger partial charge on any atom is 0.313 e. The van der Waals surface area contributed by atoms with Gasteiger partial charge in [-0.2, -0.15) is 4.31 Å². The van der Waals surface area contributed by atoms with Gasteiger partial charge >= 0.3 is 11.8 Å². The highest BCUT2D eigenvalue weighted by molar-refractivity contribution is 7.89. The van der Waals surface area contributed by atoms with Gasteiger partial charge in [-0.05, 0) is 69.0 Å². The van der Waals surface area contributed by atoms with Gasteiger partial charge < -0.3 is 10.6 Å². The van der Waals surface area contributed by atoms with Crippen LogP contribution in [0.2, 0.25) is 5.02 Å². The molecule has 1 saturated heterocycles. The van der Waals surface area contributed by atoms with E-state index in [-0.39, 0.29) is 17.5 Å². The maximum absolute atomic E-state index is 13.1. The lowest BCUT2D eigenvalue weighted by Crippen LogP contribution is -2.45. The van der Waals surface area contributed by atoms with Crippen molar-refractivity contribution in [2.75, 3.05) is 18.4 Å². The summed E-state index contributed by atoms with van der Waals surface area (Å²) in [5.41, 5.74) is 2.52. The number of benzene rings is 2. The first-order valence-corrected chi connectivity index (χ1v) is 12.4. The summed E-state index contributed by atoms with van der Waals surface area (Å²) in [6.45, 7) is 4.44. The highest BCUT2D eigenvalue weighted by atomic mass is 35.5. The Kier molecular flexibility index (Phi) is 7.92. The minimum Gasteiger partial charge on any atom is -0.348 e. The van der Waals surface area contributed by atoms with Gasteiger partial charge in [0.25, 0.3) is 0 Å². The lowest BCUT2D eigenvalue weighted by Gasteiger charge is -2.34. The topological polar surface area (TPSA) is 95.6 Å². The van der Waals surface area contributed by atoms with E-state index in [0.29, 0.717) is 30.1 Å². The number of nitrogens with zero attached hydrogens (tertiary/aromatic N) is 1. The first-order valence-electron chi connectivity index (χ1n) is 10.6. The van der Waals surface area contributed by atoms with E-state index >= 15 is 0 Å². The Bertz CT molecular complexity index is 1090. The number of carbonyl (C=O) groups excluding carboxylic acids is 2. The molecule has 0 spiro atoms. The lowest BCUT2D eigenvalue weighted by molar-refractivity contribution is -0.136. The molecule has 2 aromatic rings. The molecule has 2 N–H and O–H groups in total. The molecule has 1 atom stereocenters. The van der Waals surface area contributed by atoms with Crippen LogP contribution >= 0.6 is 11.6 Å². The van der Waals surface area contributed by atoms with Crippen LogP contribution < -0.4 is 10.6 Å². The molecule has 0 aromatic heterocycles. The summed E-state index contributed by atoms with van der Waals surface area (Å²) in [5.74, 6) is -1.49. The molecule has 0 radical (unpaired) electrons. The number of aryl methyl sites for hydroxylation is 2. The average Bonchev–Trinajstić information content (AvgIpc) is 2.76. The number of nitrogens with one attached hydrogen (secondary N) is 2. The second-order valence-electron chi connectivity index (χ2n) is 8.04. The largest absolute Gasteiger partial charge is 0.348 e. The molecule has 9 heteroatoms.